The number of nitrogens with zero attached hydrogens (tertiary/aromatic N) is 3. The van der Waals surface area contributed by atoms with Crippen LogP contribution in [0.3, 0.4) is 0 Å². The molecule has 1 amide bonds. The van der Waals surface area contributed by atoms with E-state index in [0.29, 0.717) is 10.9 Å². The van der Waals surface area contributed by atoms with Gasteiger partial charge in [0.05, 0.1) is 22.5 Å². The number of rotatable bonds is 5. The molecule has 0 aliphatic carbocycles. The molecule has 0 atom stereocenters. The van der Waals surface area contributed by atoms with Crippen LogP contribution in [-0.2, 0) is 11.8 Å². The molecule has 0 aliphatic heterocycles. The average Bonchev–Trinajstić information content (AvgIpc) is 3.10. The second-order valence-electron chi connectivity index (χ2n) is 5.69. The molecule has 8 heteroatoms. The van der Waals surface area contributed by atoms with E-state index in [1.54, 1.807) is 6.07 Å². The lowest BCUT2D eigenvalue weighted by atomic mass is 10.1. The van der Waals surface area contributed by atoms with Crippen LogP contribution in [-0.4, -0.2) is 26.4 Å². The molecule has 0 saturated carbocycles. The van der Waals surface area contributed by atoms with E-state index in [9.17, 15) is 4.79 Å². The molecule has 0 radical (unpaired) electrons. The highest BCUT2D eigenvalue weighted by Crippen LogP contribution is 2.25. The number of carbonyl (C=O) groups is 1. The summed E-state index contributed by atoms with van der Waals surface area (Å²) in [6.07, 6.45) is 0. The van der Waals surface area contributed by atoms with Crippen molar-refractivity contribution < 1.29 is 9.32 Å². The van der Waals surface area contributed by atoms with E-state index in [1.165, 1.54) is 11.8 Å². The highest BCUT2D eigenvalue weighted by molar-refractivity contribution is 7.99. The van der Waals surface area contributed by atoms with Gasteiger partial charge < -0.3 is 9.09 Å². The van der Waals surface area contributed by atoms with Crippen LogP contribution in [0.15, 0.2) is 33.9 Å². The van der Waals surface area contributed by atoms with E-state index < -0.39 is 0 Å². The van der Waals surface area contributed by atoms with Crippen LogP contribution in [0.25, 0.3) is 11.0 Å². The third-order valence-electron chi connectivity index (χ3n) is 3.52. The molecule has 0 fully saturated rings. The van der Waals surface area contributed by atoms with E-state index in [1.807, 2.05) is 43.7 Å². The Kier molecular flexibility index (Phi) is 4.82. The number of hydrogen-bond donors (Lipinski definition) is 1. The van der Waals surface area contributed by atoms with Crippen molar-refractivity contribution in [2.24, 2.45) is 7.05 Å². The van der Waals surface area contributed by atoms with Crippen LogP contribution in [0, 0.1) is 0 Å². The number of nitrogens with one attached hydrogen (secondary N) is 1. The number of imidazole rings is 1. The number of amides is 1. The van der Waals surface area contributed by atoms with E-state index in [0.717, 1.165) is 21.9 Å². The fraction of sp³-hybridized carbons (Fsp3) is 0.312. The van der Waals surface area contributed by atoms with Crippen LogP contribution >= 0.6 is 23.4 Å². The molecule has 0 saturated heterocycles. The molecule has 3 rings (SSSR count). The molecular weight excluding hydrogens is 348 g/mol. The smallest absolute Gasteiger partial charge is 0.237 e. The fourth-order valence-corrected chi connectivity index (χ4v) is 3.16. The van der Waals surface area contributed by atoms with Crippen molar-refractivity contribution in [3.63, 3.8) is 0 Å². The molecule has 0 spiro atoms. The largest absolute Gasteiger partial charge is 0.338 e. The molecule has 0 aliphatic rings. The number of aryl methyl sites for hydroxylation is 1. The van der Waals surface area contributed by atoms with Crippen molar-refractivity contribution >= 4 is 46.2 Å². The lowest BCUT2D eigenvalue weighted by molar-refractivity contribution is -0.113. The topological polar surface area (TPSA) is 73.0 Å². The number of hydrogen-bond acceptors (Lipinski definition) is 5. The number of anilines is 1. The maximum atomic E-state index is 12.1. The number of benzene rings is 1. The van der Waals surface area contributed by atoms with Crippen LogP contribution in [0.4, 0.5) is 5.88 Å². The van der Waals surface area contributed by atoms with Gasteiger partial charge in [-0.25, -0.2) is 4.98 Å². The Morgan fingerprint density at radius 1 is 1.42 bits per heavy atom. The van der Waals surface area contributed by atoms with E-state index >= 15 is 0 Å². The van der Waals surface area contributed by atoms with Crippen LogP contribution in [0.1, 0.15) is 25.5 Å². The first-order chi connectivity index (χ1) is 11.4. The van der Waals surface area contributed by atoms with E-state index in [4.69, 9.17) is 16.1 Å². The van der Waals surface area contributed by atoms with Gasteiger partial charge in [0.1, 0.15) is 0 Å². The van der Waals surface area contributed by atoms with Gasteiger partial charge in [-0.1, -0.05) is 42.4 Å². The summed E-state index contributed by atoms with van der Waals surface area (Å²) < 4.78 is 7.05. The summed E-state index contributed by atoms with van der Waals surface area (Å²) in [6.45, 7) is 4.02. The summed E-state index contributed by atoms with van der Waals surface area (Å²) in [5.41, 5.74) is 2.59. The van der Waals surface area contributed by atoms with E-state index in [-0.39, 0.29) is 17.6 Å². The molecule has 0 bridgehead atoms. The van der Waals surface area contributed by atoms with Gasteiger partial charge in [0.15, 0.2) is 5.16 Å². The molecule has 3 aromatic rings. The monoisotopic (exact) mass is 364 g/mol. The van der Waals surface area contributed by atoms with E-state index in [2.05, 4.69) is 15.5 Å². The van der Waals surface area contributed by atoms with Crippen molar-refractivity contribution in [3.05, 3.63) is 35.0 Å². The van der Waals surface area contributed by atoms with Crippen molar-refractivity contribution in [2.45, 2.75) is 24.9 Å². The second-order valence-corrected chi connectivity index (χ2v) is 7.07. The van der Waals surface area contributed by atoms with Crippen molar-refractivity contribution in [1.29, 1.82) is 0 Å². The molecule has 2 heterocycles. The molecule has 24 heavy (non-hydrogen) atoms. The normalized spacial score (nSPS) is 11.4. The first-order valence-electron chi connectivity index (χ1n) is 7.45. The summed E-state index contributed by atoms with van der Waals surface area (Å²) in [5, 5.41) is 8.01. The lowest BCUT2D eigenvalue weighted by Crippen LogP contribution is -2.13. The van der Waals surface area contributed by atoms with Gasteiger partial charge in [-0.3, -0.25) is 10.1 Å². The maximum absolute atomic E-state index is 12.1. The Balaban J connectivity index is 1.64. The Bertz CT molecular complexity index is 887. The van der Waals surface area contributed by atoms with Crippen LogP contribution in [0.2, 0.25) is 5.02 Å². The average molecular weight is 365 g/mol. The van der Waals surface area contributed by atoms with Gasteiger partial charge >= 0.3 is 0 Å². The fourth-order valence-electron chi connectivity index (χ4n) is 2.20. The lowest BCUT2D eigenvalue weighted by Gasteiger charge is -2.02. The number of halogens is 1. The Hall–Kier alpha value is -1.99. The number of aromatic nitrogens is 3. The molecule has 0 unspecified atom stereocenters. The van der Waals surface area contributed by atoms with Crippen molar-refractivity contribution in [3.8, 4) is 0 Å². The minimum absolute atomic E-state index is 0.170. The SMILES string of the molecule is CC(C)c1cc(NC(=O)CSc2nc3cc(Cl)ccc3n2C)on1. The van der Waals surface area contributed by atoms with Gasteiger partial charge in [0.2, 0.25) is 11.8 Å². The molecular formula is C16H17ClN4O2S. The third kappa shape index (κ3) is 3.57. The van der Waals surface area contributed by atoms with Crippen molar-refractivity contribution in [1.82, 2.24) is 14.7 Å². The molecule has 1 N–H and O–H groups in total. The van der Waals surface area contributed by atoms with Gasteiger partial charge in [0.25, 0.3) is 0 Å². The Morgan fingerprint density at radius 3 is 2.92 bits per heavy atom. The minimum atomic E-state index is -0.170. The molecule has 1 aromatic carbocycles. The highest BCUT2D eigenvalue weighted by atomic mass is 35.5. The summed E-state index contributed by atoms with van der Waals surface area (Å²) in [6, 6.07) is 7.28. The summed E-state index contributed by atoms with van der Waals surface area (Å²) in [5.74, 6) is 0.668. The zero-order valence-electron chi connectivity index (χ0n) is 13.5. The number of fused-ring (bicyclic) bond motifs is 1. The van der Waals surface area contributed by atoms with Gasteiger partial charge in [-0.2, -0.15) is 0 Å². The molecule has 126 valence electrons. The Labute approximate surface area is 148 Å². The third-order valence-corrected chi connectivity index (χ3v) is 4.78. The summed E-state index contributed by atoms with van der Waals surface area (Å²) in [7, 11) is 1.91. The standard InChI is InChI=1S/C16H17ClN4O2S/c1-9(2)11-7-15(23-20-11)19-14(22)8-24-16-18-12-6-10(17)4-5-13(12)21(16)3/h4-7,9H,8H2,1-3H3,(H,19,22). The summed E-state index contributed by atoms with van der Waals surface area (Å²) >= 11 is 7.34. The number of thioether (sulfide) groups is 1. The van der Waals surface area contributed by atoms with Crippen LogP contribution < -0.4 is 5.32 Å². The Morgan fingerprint density at radius 2 is 2.21 bits per heavy atom. The number of carbonyl (C=O) groups excluding carboxylic acids is 1. The highest BCUT2D eigenvalue weighted by Gasteiger charge is 2.13. The van der Waals surface area contributed by atoms with Gasteiger partial charge in [0, 0.05) is 18.1 Å². The molecule has 6 nitrogen and oxygen atoms in total. The van der Waals surface area contributed by atoms with Crippen molar-refractivity contribution in [2.75, 3.05) is 11.1 Å². The maximum Gasteiger partial charge on any atom is 0.237 e. The predicted octanol–water partition coefficient (Wildman–Crippen LogP) is 4.07. The van der Waals surface area contributed by atoms with Gasteiger partial charge in [-0.15, -0.1) is 0 Å². The zero-order valence-corrected chi connectivity index (χ0v) is 15.1. The van der Waals surface area contributed by atoms with Gasteiger partial charge in [-0.05, 0) is 24.1 Å². The minimum Gasteiger partial charge on any atom is -0.338 e. The second kappa shape index (κ2) is 6.86. The predicted molar refractivity (Wildman–Crippen MR) is 95.7 cm³/mol. The first kappa shape index (κ1) is 16.9. The quantitative estimate of drug-likeness (QED) is 0.691. The van der Waals surface area contributed by atoms with Crippen LogP contribution in [0.5, 0.6) is 0 Å². The zero-order chi connectivity index (χ0) is 17.3. The summed E-state index contributed by atoms with van der Waals surface area (Å²) in [4.78, 5) is 16.6. The molecule has 2 aromatic heterocycles. The first-order valence-corrected chi connectivity index (χ1v) is 8.81.